The molecule has 1 aromatic heterocycles. The number of hydrogen-bond donors (Lipinski definition) is 2. The number of nitrogens with zero attached hydrogens (tertiary/aromatic N) is 1. The normalized spacial score (nSPS) is 17.7. The lowest BCUT2D eigenvalue weighted by atomic mass is 9.93. The number of para-hydroxylation sites is 1. The molecular weight excluding hydrogens is 429 g/mol. The zero-order valence-corrected chi connectivity index (χ0v) is 17.2. The molecule has 6 heteroatoms. The second kappa shape index (κ2) is 9.12. The summed E-state index contributed by atoms with van der Waals surface area (Å²) >= 11 is 0. The van der Waals surface area contributed by atoms with Gasteiger partial charge < -0.3 is 19.8 Å². The van der Waals surface area contributed by atoms with Gasteiger partial charge in [0, 0.05) is 19.5 Å². The molecule has 136 valence electrons. The maximum absolute atomic E-state index is 5.73. The molecule has 1 aromatic carbocycles. The van der Waals surface area contributed by atoms with Gasteiger partial charge in [-0.15, -0.1) is 24.0 Å². The summed E-state index contributed by atoms with van der Waals surface area (Å²) in [4.78, 5) is 4.32. The van der Waals surface area contributed by atoms with E-state index in [1.165, 1.54) is 5.56 Å². The molecule has 3 rings (SSSR count). The maximum Gasteiger partial charge on any atom is 0.191 e. The van der Waals surface area contributed by atoms with E-state index in [4.69, 9.17) is 9.15 Å². The molecule has 2 aromatic rings. The smallest absolute Gasteiger partial charge is 0.191 e. The number of furan rings is 1. The van der Waals surface area contributed by atoms with Crippen molar-refractivity contribution in [1.82, 2.24) is 10.6 Å². The molecule has 0 fully saturated rings. The fraction of sp³-hybridized carbons (Fsp3) is 0.421. The Kier molecular flexibility index (Phi) is 7.16. The fourth-order valence-corrected chi connectivity index (χ4v) is 3.00. The minimum atomic E-state index is 0. The predicted molar refractivity (Wildman–Crippen MR) is 111 cm³/mol. The third-order valence-electron chi connectivity index (χ3n) is 4.36. The number of aliphatic imine (C=N–C) groups is 1. The maximum atomic E-state index is 5.73. The van der Waals surface area contributed by atoms with E-state index in [9.17, 15) is 0 Å². The molecular formula is C19H26IN3O2. The monoisotopic (exact) mass is 455 g/mol. The van der Waals surface area contributed by atoms with Crippen LogP contribution in [0.2, 0.25) is 0 Å². The molecule has 25 heavy (non-hydrogen) atoms. The SMILES string of the molecule is CN=C(NCC1CCOc2ccccc21)NC(C)c1ccc(C)o1.I. The van der Waals surface area contributed by atoms with Crippen LogP contribution in [0, 0.1) is 6.92 Å². The summed E-state index contributed by atoms with van der Waals surface area (Å²) in [6, 6.07) is 12.3. The molecule has 1 aliphatic heterocycles. The lowest BCUT2D eigenvalue weighted by molar-refractivity contribution is 0.267. The molecule has 0 amide bonds. The van der Waals surface area contributed by atoms with Crippen LogP contribution in [0.3, 0.4) is 0 Å². The first kappa shape index (κ1) is 19.6. The number of benzene rings is 1. The minimum absolute atomic E-state index is 0. The van der Waals surface area contributed by atoms with Crippen LogP contribution in [0.25, 0.3) is 0 Å². The quantitative estimate of drug-likeness (QED) is 0.416. The van der Waals surface area contributed by atoms with Gasteiger partial charge in [-0.25, -0.2) is 0 Å². The van der Waals surface area contributed by atoms with Gasteiger partial charge in [0.2, 0.25) is 0 Å². The number of rotatable bonds is 4. The van der Waals surface area contributed by atoms with Crippen molar-refractivity contribution in [3.63, 3.8) is 0 Å². The Labute approximate surface area is 166 Å². The first-order chi connectivity index (χ1) is 11.7. The van der Waals surface area contributed by atoms with Gasteiger partial charge in [-0.1, -0.05) is 18.2 Å². The standard InChI is InChI=1S/C19H25N3O2.HI/c1-13-8-9-17(24-13)14(2)22-19(20-3)21-12-15-10-11-23-18-7-5-4-6-16(15)18;/h4-9,14-15H,10-12H2,1-3H3,(H2,20,21,22);1H. The Morgan fingerprint density at radius 1 is 1.28 bits per heavy atom. The first-order valence-electron chi connectivity index (χ1n) is 8.42. The highest BCUT2D eigenvalue weighted by Gasteiger charge is 2.21. The van der Waals surface area contributed by atoms with Crippen molar-refractivity contribution in [2.24, 2.45) is 4.99 Å². The molecule has 5 nitrogen and oxygen atoms in total. The van der Waals surface area contributed by atoms with E-state index < -0.39 is 0 Å². The molecule has 0 bridgehead atoms. The molecule has 2 N–H and O–H groups in total. The molecule has 1 aliphatic rings. The summed E-state index contributed by atoms with van der Waals surface area (Å²) in [5, 5.41) is 6.80. The van der Waals surface area contributed by atoms with Gasteiger partial charge in [-0.3, -0.25) is 4.99 Å². The summed E-state index contributed by atoms with van der Waals surface area (Å²) in [5.74, 6) is 4.03. The van der Waals surface area contributed by atoms with Gasteiger partial charge in [0.05, 0.1) is 12.6 Å². The summed E-state index contributed by atoms with van der Waals surface area (Å²) < 4.78 is 11.4. The lowest BCUT2D eigenvalue weighted by Crippen LogP contribution is -2.41. The largest absolute Gasteiger partial charge is 0.493 e. The summed E-state index contributed by atoms with van der Waals surface area (Å²) in [6.45, 7) is 5.60. The zero-order chi connectivity index (χ0) is 16.9. The van der Waals surface area contributed by atoms with Crippen LogP contribution < -0.4 is 15.4 Å². The van der Waals surface area contributed by atoms with E-state index in [1.54, 1.807) is 7.05 Å². The van der Waals surface area contributed by atoms with Crippen molar-refractivity contribution < 1.29 is 9.15 Å². The zero-order valence-electron chi connectivity index (χ0n) is 14.9. The van der Waals surface area contributed by atoms with E-state index in [0.717, 1.165) is 42.8 Å². The summed E-state index contributed by atoms with van der Waals surface area (Å²) in [6.07, 6.45) is 1.01. The molecule has 0 spiro atoms. The van der Waals surface area contributed by atoms with Crippen molar-refractivity contribution in [3.8, 4) is 5.75 Å². The number of fused-ring (bicyclic) bond motifs is 1. The first-order valence-corrected chi connectivity index (χ1v) is 8.42. The minimum Gasteiger partial charge on any atom is -0.493 e. The van der Waals surface area contributed by atoms with E-state index in [-0.39, 0.29) is 30.0 Å². The number of nitrogens with one attached hydrogen (secondary N) is 2. The van der Waals surface area contributed by atoms with Crippen LogP contribution in [0.4, 0.5) is 0 Å². The van der Waals surface area contributed by atoms with Crippen molar-refractivity contribution in [2.75, 3.05) is 20.2 Å². The van der Waals surface area contributed by atoms with Gasteiger partial charge >= 0.3 is 0 Å². The average Bonchev–Trinajstić information content (AvgIpc) is 3.05. The Morgan fingerprint density at radius 3 is 2.80 bits per heavy atom. The van der Waals surface area contributed by atoms with Gasteiger partial charge in [0.15, 0.2) is 5.96 Å². The van der Waals surface area contributed by atoms with Crippen LogP contribution in [-0.2, 0) is 0 Å². The highest BCUT2D eigenvalue weighted by Crippen LogP contribution is 2.32. The van der Waals surface area contributed by atoms with Gasteiger partial charge in [-0.05, 0) is 44.0 Å². The molecule has 0 saturated heterocycles. The number of hydrogen-bond acceptors (Lipinski definition) is 3. The van der Waals surface area contributed by atoms with Crippen molar-refractivity contribution in [1.29, 1.82) is 0 Å². The Hall–Kier alpha value is -1.70. The molecule has 0 saturated carbocycles. The number of guanidine groups is 1. The summed E-state index contributed by atoms with van der Waals surface area (Å²) in [5.41, 5.74) is 1.27. The molecule has 2 heterocycles. The third kappa shape index (κ3) is 4.90. The predicted octanol–water partition coefficient (Wildman–Crippen LogP) is 4.00. The average molecular weight is 455 g/mol. The third-order valence-corrected chi connectivity index (χ3v) is 4.36. The van der Waals surface area contributed by atoms with Crippen molar-refractivity contribution in [2.45, 2.75) is 32.2 Å². The van der Waals surface area contributed by atoms with E-state index >= 15 is 0 Å². The number of ether oxygens (including phenoxy) is 1. The van der Waals surface area contributed by atoms with Crippen molar-refractivity contribution in [3.05, 3.63) is 53.5 Å². The second-order valence-corrected chi connectivity index (χ2v) is 6.14. The van der Waals surface area contributed by atoms with Crippen LogP contribution in [-0.4, -0.2) is 26.2 Å². The molecule has 2 unspecified atom stereocenters. The topological polar surface area (TPSA) is 58.8 Å². The van der Waals surface area contributed by atoms with Crippen molar-refractivity contribution >= 4 is 29.9 Å². The fourth-order valence-electron chi connectivity index (χ4n) is 3.00. The van der Waals surface area contributed by atoms with Crippen LogP contribution in [0.1, 0.15) is 42.4 Å². The van der Waals surface area contributed by atoms with Crippen LogP contribution >= 0.6 is 24.0 Å². The highest BCUT2D eigenvalue weighted by molar-refractivity contribution is 14.0. The number of halogens is 1. The van der Waals surface area contributed by atoms with Crippen LogP contribution in [0.5, 0.6) is 5.75 Å². The summed E-state index contributed by atoms with van der Waals surface area (Å²) in [7, 11) is 1.79. The molecule has 2 atom stereocenters. The lowest BCUT2D eigenvalue weighted by Gasteiger charge is -2.27. The van der Waals surface area contributed by atoms with Gasteiger partial charge in [0.1, 0.15) is 17.3 Å². The molecule has 0 radical (unpaired) electrons. The number of aryl methyl sites for hydroxylation is 1. The highest BCUT2D eigenvalue weighted by atomic mass is 127. The van der Waals surface area contributed by atoms with E-state index in [1.807, 2.05) is 31.2 Å². The van der Waals surface area contributed by atoms with Gasteiger partial charge in [0.25, 0.3) is 0 Å². The van der Waals surface area contributed by atoms with Crippen LogP contribution in [0.15, 0.2) is 45.8 Å². The second-order valence-electron chi connectivity index (χ2n) is 6.14. The Balaban J connectivity index is 0.00000225. The van der Waals surface area contributed by atoms with E-state index in [0.29, 0.717) is 5.92 Å². The van der Waals surface area contributed by atoms with Gasteiger partial charge in [-0.2, -0.15) is 0 Å². The molecule has 0 aliphatic carbocycles. The van der Waals surface area contributed by atoms with E-state index in [2.05, 4.69) is 34.7 Å². The Bertz CT molecular complexity index is 714. The Morgan fingerprint density at radius 2 is 2.08 bits per heavy atom.